The molecule has 0 spiro atoms. The smallest absolute Gasteiger partial charge is 0.431 e. The molecule has 0 amide bonds. The zero-order chi connectivity index (χ0) is 18.1. The normalized spacial score (nSPS) is 13.7. The first-order valence-corrected chi connectivity index (χ1v) is 6.90. The fourth-order valence-corrected chi connectivity index (χ4v) is 2.13. The zero-order valence-electron chi connectivity index (χ0n) is 13.0. The van der Waals surface area contributed by atoms with Crippen LogP contribution in [0.15, 0.2) is 24.3 Å². The van der Waals surface area contributed by atoms with Crippen LogP contribution >= 0.6 is 0 Å². The van der Waals surface area contributed by atoms with Gasteiger partial charge in [-0.15, -0.1) is 0 Å². The summed E-state index contributed by atoms with van der Waals surface area (Å²) in [6.45, 7) is 5.22. The first-order chi connectivity index (χ1) is 10.3. The third-order valence-electron chi connectivity index (χ3n) is 2.84. The highest BCUT2D eigenvalue weighted by atomic mass is 19.4. The molecule has 1 rings (SSSR count). The van der Waals surface area contributed by atoms with Crippen molar-refractivity contribution >= 4 is 0 Å². The lowest BCUT2D eigenvalue weighted by Gasteiger charge is -2.39. The number of rotatable bonds is 5. The molecule has 0 radical (unpaired) electrons. The summed E-state index contributed by atoms with van der Waals surface area (Å²) < 4.78 is 90.8. The van der Waals surface area contributed by atoms with Crippen molar-refractivity contribution in [3.8, 4) is 5.75 Å². The van der Waals surface area contributed by atoms with Crippen LogP contribution in [-0.2, 0) is 10.3 Å². The molecule has 0 bridgehead atoms. The van der Waals surface area contributed by atoms with Crippen LogP contribution in [0.25, 0.3) is 0 Å². The van der Waals surface area contributed by atoms with E-state index in [9.17, 15) is 26.3 Å². The van der Waals surface area contributed by atoms with E-state index in [1.807, 2.05) is 0 Å². The van der Waals surface area contributed by atoms with E-state index in [2.05, 4.69) is 4.74 Å². The molecule has 0 unspecified atom stereocenters. The van der Waals surface area contributed by atoms with Gasteiger partial charge >= 0.3 is 12.4 Å². The summed E-state index contributed by atoms with van der Waals surface area (Å²) in [6.07, 6.45) is -13.3. The molecule has 0 aliphatic carbocycles. The minimum absolute atomic E-state index is 0.516. The van der Waals surface area contributed by atoms with Crippen LogP contribution in [0.5, 0.6) is 5.75 Å². The monoisotopic (exact) mass is 344 g/mol. The summed E-state index contributed by atoms with van der Waals surface area (Å²) in [4.78, 5) is 0. The van der Waals surface area contributed by atoms with Crippen molar-refractivity contribution in [3.63, 3.8) is 0 Å². The highest BCUT2D eigenvalue weighted by molar-refractivity contribution is 5.41. The molecule has 23 heavy (non-hydrogen) atoms. The maximum Gasteiger partial charge on any atom is 0.431 e. The second kappa shape index (κ2) is 6.59. The molecule has 0 aromatic heterocycles. The van der Waals surface area contributed by atoms with Crippen molar-refractivity contribution in [3.05, 3.63) is 29.8 Å². The largest absolute Gasteiger partial charge is 0.491 e. The maximum atomic E-state index is 13.5. The fourth-order valence-electron chi connectivity index (χ4n) is 2.13. The molecule has 0 aliphatic rings. The van der Waals surface area contributed by atoms with Crippen LogP contribution in [0.1, 0.15) is 33.3 Å². The molecule has 0 atom stereocenters. The molecular formula is C15H18F6O2. The first kappa shape index (κ1) is 19.6. The molecule has 0 N–H and O–H groups in total. The minimum Gasteiger partial charge on any atom is -0.491 e. The standard InChI is InChI=1S/C15H18F6O2/c1-9(2)22-12-8-6-5-7-11(12)13(14(16,17)18,15(19,20)21)23-10(3)4/h5-10H,1-4H3. The van der Waals surface area contributed by atoms with Gasteiger partial charge in [-0.3, -0.25) is 0 Å². The van der Waals surface area contributed by atoms with E-state index in [1.54, 1.807) is 0 Å². The number of alkyl halides is 6. The number of ether oxygens (including phenoxy) is 2. The third kappa shape index (κ3) is 3.91. The summed E-state index contributed by atoms with van der Waals surface area (Å²) >= 11 is 0. The summed E-state index contributed by atoms with van der Waals surface area (Å²) in [5, 5.41) is 0. The van der Waals surface area contributed by atoms with Crippen molar-refractivity contribution in [2.75, 3.05) is 0 Å². The Morgan fingerprint density at radius 2 is 1.26 bits per heavy atom. The van der Waals surface area contributed by atoms with E-state index in [-0.39, 0.29) is 0 Å². The van der Waals surface area contributed by atoms with Gasteiger partial charge in [0.15, 0.2) is 0 Å². The highest BCUT2D eigenvalue weighted by Gasteiger charge is 2.74. The predicted molar refractivity (Wildman–Crippen MR) is 72.2 cm³/mol. The molecule has 0 saturated carbocycles. The Morgan fingerprint density at radius 3 is 1.65 bits per heavy atom. The van der Waals surface area contributed by atoms with E-state index in [4.69, 9.17) is 4.74 Å². The molecule has 0 aliphatic heterocycles. The van der Waals surface area contributed by atoms with Crippen LogP contribution in [0.2, 0.25) is 0 Å². The number of benzene rings is 1. The Kier molecular flexibility index (Phi) is 5.61. The van der Waals surface area contributed by atoms with Crippen molar-refractivity contribution in [1.82, 2.24) is 0 Å². The van der Waals surface area contributed by atoms with Crippen LogP contribution in [0, 0.1) is 0 Å². The van der Waals surface area contributed by atoms with Gasteiger partial charge in [0.25, 0.3) is 5.60 Å². The number of hydrogen-bond acceptors (Lipinski definition) is 2. The Hall–Kier alpha value is -1.44. The van der Waals surface area contributed by atoms with Gasteiger partial charge in [0, 0.05) is 5.56 Å². The molecule has 0 saturated heterocycles. The molecule has 1 aromatic rings. The van der Waals surface area contributed by atoms with Gasteiger partial charge < -0.3 is 9.47 Å². The molecule has 8 heteroatoms. The Labute approximate surface area is 130 Å². The van der Waals surface area contributed by atoms with Gasteiger partial charge in [0.2, 0.25) is 0 Å². The summed E-state index contributed by atoms with van der Waals surface area (Å²) in [7, 11) is 0. The van der Waals surface area contributed by atoms with E-state index in [0.29, 0.717) is 0 Å². The number of hydrogen-bond donors (Lipinski definition) is 0. The fraction of sp³-hybridized carbons (Fsp3) is 0.600. The predicted octanol–water partition coefficient (Wildman–Crippen LogP) is 5.22. The molecular weight excluding hydrogens is 326 g/mol. The van der Waals surface area contributed by atoms with Crippen molar-refractivity contribution in [1.29, 1.82) is 0 Å². The average molecular weight is 344 g/mol. The van der Waals surface area contributed by atoms with Crippen LogP contribution in [0.4, 0.5) is 26.3 Å². The Bertz CT molecular complexity index is 505. The van der Waals surface area contributed by atoms with Crippen LogP contribution < -0.4 is 4.74 Å². The van der Waals surface area contributed by atoms with Crippen molar-refractivity contribution < 1.29 is 35.8 Å². The number of para-hydroxylation sites is 1. The van der Waals surface area contributed by atoms with E-state index in [1.165, 1.54) is 19.9 Å². The van der Waals surface area contributed by atoms with Gasteiger partial charge in [-0.2, -0.15) is 26.3 Å². The van der Waals surface area contributed by atoms with Crippen LogP contribution in [-0.4, -0.2) is 24.6 Å². The summed E-state index contributed by atoms with van der Waals surface area (Å²) in [5.74, 6) is -0.516. The van der Waals surface area contributed by atoms with E-state index >= 15 is 0 Å². The van der Waals surface area contributed by atoms with Gasteiger partial charge in [0.1, 0.15) is 5.75 Å². The molecule has 1 aromatic carbocycles. The molecule has 0 fully saturated rings. The molecule has 132 valence electrons. The van der Waals surface area contributed by atoms with Crippen molar-refractivity contribution in [2.45, 2.75) is 57.9 Å². The maximum absolute atomic E-state index is 13.5. The van der Waals surface area contributed by atoms with Crippen molar-refractivity contribution in [2.24, 2.45) is 0 Å². The van der Waals surface area contributed by atoms with Gasteiger partial charge in [0.05, 0.1) is 12.2 Å². The summed E-state index contributed by atoms with van der Waals surface area (Å²) in [6, 6.07) is 4.17. The van der Waals surface area contributed by atoms with Gasteiger partial charge in [-0.1, -0.05) is 18.2 Å². The Balaban J connectivity index is 3.71. The minimum atomic E-state index is -5.72. The highest BCUT2D eigenvalue weighted by Crippen LogP contribution is 2.55. The second-order valence-corrected chi connectivity index (χ2v) is 5.51. The van der Waals surface area contributed by atoms with E-state index in [0.717, 1.165) is 32.0 Å². The number of halogens is 6. The lowest BCUT2D eigenvalue weighted by molar-refractivity contribution is -0.397. The Morgan fingerprint density at radius 1 is 0.783 bits per heavy atom. The first-order valence-electron chi connectivity index (χ1n) is 6.90. The summed E-state index contributed by atoms with van der Waals surface area (Å²) in [5.41, 5.74) is -5.57. The van der Waals surface area contributed by atoms with Crippen LogP contribution in [0.3, 0.4) is 0 Å². The van der Waals surface area contributed by atoms with Gasteiger partial charge in [-0.25, -0.2) is 0 Å². The SMILES string of the molecule is CC(C)Oc1ccccc1C(OC(C)C)(C(F)(F)F)C(F)(F)F. The second-order valence-electron chi connectivity index (χ2n) is 5.51. The van der Waals surface area contributed by atoms with E-state index < -0.39 is 41.5 Å². The van der Waals surface area contributed by atoms with Gasteiger partial charge in [-0.05, 0) is 33.8 Å². The molecule has 2 nitrogen and oxygen atoms in total. The zero-order valence-corrected chi connectivity index (χ0v) is 13.0. The lowest BCUT2D eigenvalue weighted by atomic mass is 9.90. The molecule has 0 heterocycles. The lowest BCUT2D eigenvalue weighted by Crippen LogP contribution is -2.57. The quantitative estimate of drug-likeness (QED) is 0.682. The average Bonchev–Trinajstić information content (AvgIpc) is 2.33. The third-order valence-corrected chi connectivity index (χ3v) is 2.84. The topological polar surface area (TPSA) is 18.5 Å².